The van der Waals surface area contributed by atoms with Crippen molar-refractivity contribution in [3.8, 4) is 5.88 Å². The molecule has 64 valence electrons. The molecule has 0 saturated heterocycles. The molecule has 1 aromatic heterocycles. The number of hydrogen-bond donors (Lipinski definition) is 2. The number of pyridine rings is 1. The summed E-state index contributed by atoms with van der Waals surface area (Å²) in [6, 6.07) is 2.90. The average molecular weight is 187 g/mol. The predicted molar refractivity (Wildman–Crippen MR) is 45.6 cm³/mol. The third-order valence-corrected chi connectivity index (χ3v) is 1.58. The Kier molecular flexibility index (Phi) is 2.91. The standard InChI is InChI=1S/C6H7BClNO3/c1-12-6-4(8)2-3-5(9-6)7(10)11/h2-3,10-11H,1H3. The largest absolute Gasteiger partial charge is 0.508 e. The second kappa shape index (κ2) is 3.75. The molecule has 0 aromatic carbocycles. The van der Waals surface area contributed by atoms with Gasteiger partial charge in [-0.15, -0.1) is 0 Å². The van der Waals surface area contributed by atoms with E-state index in [0.29, 0.717) is 5.02 Å². The summed E-state index contributed by atoms with van der Waals surface area (Å²) in [5, 5.41) is 17.8. The minimum Gasteiger partial charge on any atom is -0.480 e. The van der Waals surface area contributed by atoms with Crippen LogP contribution in [0.25, 0.3) is 0 Å². The van der Waals surface area contributed by atoms with Crippen molar-refractivity contribution in [2.45, 2.75) is 0 Å². The molecule has 6 heteroatoms. The van der Waals surface area contributed by atoms with Crippen LogP contribution < -0.4 is 10.3 Å². The van der Waals surface area contributed by atoms with Gasteiger partial charge < -0.3 is 14.8 Å². The molecule has 1 aromatic rings. The minimum atomic E-state index is -1.60. The SMILES string of the molecule is COc1nc(B(O)O)ccc1Cl. The van der Waals surface area contributed by atoms with Crippen LogP contribution in [-0.2, 0) is 0 Å². The molecule has 2 N–H and O–H groups in total. The summed E-state index contributed by atoms with van der Waals surface area (Å²) in [6.07, 6.45) is 0. The Morgan fingerprint density at radius 1 is 1.50 bits per heavy atom. The van der Waals surface area contributed by atoms with Gasteiger partial charge in [0.1, 0.15) is 5.02 Å². The van der Waals surface area contributed by atoms with Crippen molar-refractivity contribution < 1.29 is 14.8 Å². The number of ether oxygens (including phenoxy) is 1. The van der Waals surface area contributed by atoms with Gasteiger partial charge in [-0.2, -0.15) is 0 Å². The number of halogens is 1. The second-order valence-corrected chi connectivity index (χ2v) is 2.51. The van der Waals surface area contributed by atoms with Crippen molar-refractivity contribution in [2.24, 2.45) is 0 Å². The third kappa shape index (κ3) is 1.88. The Morgan fingerprint density at radius 2 is 2.17 bits per heavy atom. The highest BCUT2D eigenvalue weighted by Gasteiger charge is 2.14. The number of nitrogens with zero attached hydrogens (tertiary/aromatic N) is 1. The van der Waals surface area contributed by atoms with Crippen LogP contribution in [0.2, 0.25) is 5.02 Å². The summed E-state index contributed by atoms with van der Waals surface area (Å²) in [7, 11) is -0.196. The number of aromatic nitrogens is 1. The minimum absolute atomic E-state index is 0.108. The lowest BCUT2D eigenvalue weighted by atomic mass is 9.86. The quantitative estimate of drug-likeness (QED) is 0.608. The fourth-order valence-corrected chi connectivity index (χ4v) is 0.907. The first kappa shape index (κ1) is 9.31. The Balaban J connectivity index is 3.05. The van der Waals surface area contributed by atoms with Crippen LogP contribution in [0.15, 0.2) is 12.1 Å². The fourth-order valence-electron chi connectivity index (χ4n) is 0.725. The Labute approximate surface area is 74.9 Å². The molecule has 4 nitrogen and oxygen atoms in total. The van der Waals surface area contributed by atoms with Gasteiger partial charge in [-0.3, -0.25) is 0 Å². The highest BCUT2D eigenvalue weighted by Crippen LogP contribution is 2.18. The molecule has 0 atom stereocenters. The first-order valence-electron chi connectivity index (χ1n) is 3.21. The number of methoxy groups -OCH3 is 1. The molecule has 12 heavy (non-hydrogen) atoms. The van der Waals surface area contributed by atoms with Crippen molar-refractivity contribution in [3.63, 3.8) is 0 Å². The van der Waals surface area contributed by atoms with Gasteiger partial charge in [0.2, 0.25) is 5.88 Å². The van der Waals surface area contributed by atoms with Crippen molar-refractivity contribution in [2.75, 3.05) is 7.11 Å². The van der Waals surface area contributed by atoms with Gasteiger partial charge >= 0.3 is 7.12 Å². The van der Waals surface area contributed by atoms with E-state index in [1.807, 2.05) is 0 Å². The van der Waals surface area contributed by atoms with Crippen LogP contribution in [0, 0.1) is 0 Å². The van der Waals surface area contributed by atoms with E-state index in [0.717, 1.165) is 0 Å². The van der Waals surface area contributed by atoms with Crippen molar-refractivity contribution >= 4 is 24.3 Å². The van der Waals surface area contributed by atoms with Gasteiger partial charge in [0.05, 0.1) is 12.7 Å². The first-order valence-corrected chi connectivity index (χ1v) is 3.59. The monoisotopic (exact) mass is 187 g/mol. The molecule has 1 rings (SSSR count). The third-order valence-electron chi connectivity index (χ3n) is 1.29. The molecule has 0 saturated carbocycles. The molecule has 0 amide bonds. The maximum Gasteiger partial charge on any atom is 0.508 e. The average Bonchev–Trinajstić information content (AvgIpc) is 2.05. The number of hydrogen-bond acceptors (Lipinski definition) is 4. The molecular formula is C6H7BClNO3. The fraction of sp³-hybridized carbons (Fsp3) is 0.167. The normalized spacial score (nSPS) is 9.67. The van der Waals surface area contributed by atoms with Crippen LogP contribution >= 0.6 is 11.6 Å². The second-order valence-electron chi connectivity index (χ2n) is 2.10. The molecule has 0 aliphatic rings. The van der Waals surface area contributed by atoms with E-state index < -0.39 is 7.12 Å². The highest BCUT2D eigenvalue weighted by molar-refractivity contribution is 6.57. The molecule has 0 radical (unpaired) electrons. The van der Waals surface area contributed by atoms with E-state index in [-0.39, 0.29) is 11.5 Å². The van der Waals surface area contributed by atoms with Crippen molar-refractivity contribution in [1.29, 1.82) is 0 Å². The summed E-state index contributed by atoms with van der Waals surface area (Å²) in [6.45, 7) is 0. The summed E-state index contributed by atoms with van der Waals surface area (Å²) >= 11 is 5.65. The molecule has 0 spiro atoms. The summed E-state index contributed by atoms with van der Waals surface area (Å²) < 4.78 is 4.77. The lowest BCUT2D eigenvalue weighted by Crippen LogP contribution is -2.32. The Bertz CT molecular complexity index is 281. The molecule has 0 aliphatic heterocycles. The van der Waals surface area contributed by atoms with Crippen LogP contribution in [0.4, 0.5) is 0 Å². The summed E-state index contributed by atoms with van der Waals surface area (Å²) in [5.41, 5.74) is 0.108. The zero-order chi connectivity index (χ0) is 9.14. The zero-order valence-corrected chi connectivity index (χ0v) is 7.12. The smallest absolute Gasteiger partial charge is 0.480 e. The zero-order valence-electron chi connectivity index (χ0n) is 6.36. The van der Waals surface area contributed by atoms with Gasteiger partial charge in [-0.1, -0.05) is 11.6 Å². The van der Waals surface area contributed by atoms with Crippen LogP contribution in [0.5, 0.6) is 5.88 Å². The maximum atomic E-state index is 8.73. The van der Waals surface area contributed by atoms with Crippen LogP contribution in [0.1, 0.15) is 0 Å². The topological polar surface area (TPSA) is 62.6 Å². The molecular weight excluding hydrogens is 180 g/mol. The van der Waals surface area contributed by atoms with E-state index in [1.54, 1.807) is 0 Å². The number of rotatable bonds is 2. The van der Waals surface area contributed by atoms with Gasteiger partial charge in [-0.05, 0) is 12.1 Å². The molecule has 0 aliphatic carbocycles. The lowest BCUT2D eigenvalue weighted by Gasteiger charge is -2.03. The summed E-state index contributed by atoms with van der Waals surface area (Å²) in [5.74, 6) is 0.183. The highest BCUT2D eigenvalue weighted by atomic mass is 35.5. The Morgan fingerprint density at radius 3 is 2.67 bits per heavy atom. The van der Waals surface area contributed by atoms with E-state index in [1.165, 1.54) is 19.2 Å². The van der Waals surface area contributed by atoms with Crippen molar-refractivity contribution in [1.82, 2.24) is 4.98 Å². The van der Waals surface area contributed by atoms with E-state index >= 15 is 0 Å². The van der Waals surface area contributed by atoms with Crippen LogP contribution in [-0.4, -0.2) is 29.3 Å². The van der Waals surface area contributed by atoms with E-state index in [4.69, 9.17) is 26.4 Å². The first-order chi connectivity index (χ1) is 5.65. The predicted octanol–water partition coefficient (Wildman–Crippen LogP) is -0.577. The van der Waals surface area contributed by atoms with Gasteiger partial charge in [0, 0.05) is 0 Å². The lowest BCUT2D eigenvalue weighted by molar-refractivity contribution is 0.395. The molecule has 0 fully saturated rings. The van der Waals surface area contributed by atoms with Gasteiger partial charge in [0.15, 0.2) is 0 Å². The van der Waals surface area contributed by atoms with Gasteiger partial charge in [0.25, 0.3) is 0 Å². The van der Waals surface area contributed by atoms with Crippen LogP contribution in [0.3, 0.4) is 0 Å². The molecule has 1 heterocycles. The van der Waals surface area contributed by atoms with E-state index in [2.05, 4.69) is 4.98 Å². The maximum absolute atomic E-state index is 8.73. The molecule has 0 unspecified atom stereocenters. The van der Waals surface area contributed by atoms with Gasteiger partial charge in [-0.25, -0.2) is 4.98 Å². The molecule has 0 bridgehead atoms. The Hall–Kier alpha value is -0.775. The summed E-state index contributed by atoms with van der Waals surface area (Å²) in [4.78, 5) is 3.74. The van der Waals surface area contributed by atoms with Crippen molar-refractivity contribution in [3.05, 3.63) is 17.2 Å². The van der Waals surface area contributed by atoms with E-state index in [9.17, 15) is 0 Å².